The Labute approximate surface area is 188 Å². The van der Waals surface area contributed by atoms with E-state index in [-0.39, 0.29) is 11.9 Å². The van der Waals surface area contributed by atoms with Crippen LogP contribution < -0.4 is 10.2 Å². The number of benzene rings is 2. The topological polar surface area (TPSA) is 83.5 Å². The molecule has 4 aromatic rings. The Bertz CT molecular complexity index is 1300. The molecule has 1 aliphatic rings. The number of nitrogens with one attached hydrogen (secondary N) is 2. The molecule has 0 unspecified atom stereocenters. The lowest BCUT2D eigenvalue weighted by molar-refractivity contribution is 0.0739. The number of aryl methyl sites for hydroxylation is 2. The molecule has 2 aromatic heterocycles. The summed E-state index contributed by atoms with van der Waals surface area (Å²) in [6.45, 7) is 0. The molecule has 32 heavy (non-hydrogen) atoms. The highest BCUT2D eigenvalue weighted by Gasteiger charge is 2.16. The van der Waals surface area contributed by atoms with Crippen LogP contribution in [0.3, 0.4) is 0 Å². The first-order valence-corrected chi connectivity index (χ1v) is 11.4. The lowest BCUT2D eigenvalue weighted by Gasteiger charge is -2.10. The minimum atomic E-state index is -0.380. The molecular formula is C25H21N3O3S. The molecule has 2 N–H and O–H groups in total. The Kier molecular flexibility index (Phi) is 5.56. The Morgan fingerprint density at radius 3 is 2.72 bits per heavy atom. The summed E-state index contributed by atoms with van der Waals surface area (Å²) in [6.07, 6.45) is 6.07. The van der Waals surface area contributed by atoms with E-state index in [1.807, 2.05) is 23.6 Å². The molecule has 7 heteroatoms. The van der Waals surface area contributed by atoms with Crippen molar-refractivity contribution < 1.29 is 14.3 Å². The van der Waals surface area contributed by atoms with Crippen LogP contribution >= 0.6 is 11.3 Å². The maximum Gasteiger partial charge on any atom is 0.353 e. The first-order chi connectivity index (χ1) is 15.7. The third-order valence-electron chi connectivity index (χ3n) is 5.55. The smallest absolute Gasteiger partial charge is 0.353 e. The lowest BCUT2D eigenvalue weighted by atomic mass is 9.95. The molecule has 0 spiro atoms. The highest BCUT2D eigenvalue weighted by atomic mass is 32.1. The maximum absolute atomic E-state index is 12.6. The van der Waals surface area contributed by atoms with Crippen molar-refractivity contribution in [1.29, 1.82) is 0 Å². The van der Waals surface area contributed by atoms with Crippen molar-refractivity contribution in [2.45, 2.75) is 25.7 Å². The van der Waals surface area contributed by atoms with E-state index in [2.05, 4.69) is 15.5 Å². The Hall–Kier alpha value is -3.71. The zero-order valence-electron chi connectivity index (χ0n) is 17.3. The van der Waals surface area contributed by atoms with Gasteiger partial charge in [0.25, 0.3) is 5.91 Å². The molecule has 0 aliphatic heterocycles. The summed E-state index contributed by atoms with van der Waals surface area (Å²) in [5.41, 5.74) is 7.66. The highest BCUT2D eigenvalue weighted by molar-refractivity contribution is 7.12. The molecule has 0 atom stereocenters. The Balaban J connectivity index is 1.22. The first kappa shape index (κ1) is 20.2. The maximum atomic E-state index is 12.6. The largest absolute Gasteiger partial charge is 0.422 e. The van der Waals surface area contributed by atoms with Gasteiger partial charge in [-0.15, -0.1) is 11.3 Å². The van der Waals surface area contributed by atoms with Gasteiger partial charge in [0.1, 0.15) is 10.6 Å². The number of hydrazone groups is 1. The number of aromatic nitrogens is 1. The van der Waals surface area contributed by atoms with Gasteiger partial charge in [0.2, 0.25) is 0 Å². The molecule has 6 nitrogen and oxygen atoms in total. The van der Waals surface area contributed by atoms with Crippen LogP contribution in [0.25, 0.3) is 10.9 Å². The number of hydrogen-bond donors (Lipinski definition) is 2. The minimum Gasteiger partial charge on any atom is -0.422 e. The number of rotatable bonds is 5. The number of thiophene rings is 1. The quantitative estimate of drug-likeness (QED) is 0.195. The number of hydrogen-bond acceptors (Lipinski definition) is 5. The number of carbonyl (C=O) groups is 2. The Morgan fingerprint density at radius 1 is 1.06 bits per heavy atom. The molecule has 0 saturated heterocycles. The molecule has 0 saturated carbocycles. The van der Waals surface area contributed by atoms with Crippen LogP contribution in [0.5, 0.6) is 5.75 Å². The molecule has 0 bridgehead atoms. The van der Waals surface area contributed by atoms with E-state index < -0.39 is 0 Å². The fourth-order valence-corrected chi connectivity index (χ4v) is 4.55. The van der Waals surface area contributed by atoms with Crippen LogP contribution in [0.4, 0.5) is 0 Å². The monoisotopic (exact) mass is 443 g/mol. The zero-order chi connectivity index (χ0) is 21.9. The summed E-state index contributed by atoms with van der Waals surface area (Å²) in [5.74, 6) is -0.183. The number of carbonyl (C=O) groups excluding carboxylic acids is 2. The van der Waals surface area contributed by atoms with Crippen molar-refractivity contribution in [3.63, 3.8) is 0 Å². The third kappa shape index (κ3) is 4.20. The van der Waals surface area contributed by atoms with Crippen LogP contribution in [-0.4, -0.2) is 23.1 Å². The fraction of sp³-hybridized carbons (Fsp3) is 0.160. The second-order valence-electron chi connectivity index (χ2n) is 7.68. The van der Waals surface area contributed by atoms with Gasteiger partial charge in [-0.3, -0.25) is 4.79 Å². The number of nitrogens with zero attached hydrogens (tertiary/aromatic N) is 1. The molecule has 1 amide bonds. The lowest BCUT2D eigenvalue weighted by Crippen LogP contribution is -2.17. The zero-order valence-corrected chi connectivity index (χ0v) is 18.1. The van der Waals surface area contributed by atoms with E-state index in [0.29, 0.717) is 16.2 Å². The van der Waals surface area contributed by atoms with Gasteiger partial charge in [0.15, 0.2) is 0 Å². The number of ether oxygens (including phenoxy) is 1. The van der Waals surface area contributed by atoms with Gasteiger partial charge >= 0.3 is 5.97 Å². The summed E-state index contributed by atoms with van der Waals surface area (Å²) in [4.78, 5) is 28.6. The molecule has 160 valence electrons. The molecule has 2 aromatic carbocycles. The second-order valence-corrected chi connectivity index (χ2v) is 8.63. The van der Waals surface area contributed by atoms with Gasteiger partial charge in [-0.1, -0.05) is 6.07 Å². The van der Waals surface area contributed by atoms with Crippen LogP contribution in [0.2, 0.25) is 0 Å². The average Bonchev–Trinajstić information content (AvgIpc) is 3.48. The van der Waals surface area contributed by atoms with E-state index in [1.54, 1.807) is 42.6 Å². The predicted molar refractivity (Wildman–Crippen MR) is 126 cm³/mol. The number of amides is 1. The standard InChI is InChI=1S/C25H21N3O3S/c29-24(17-9-12-22-20(14-17)19-4-1-2-5-21(19)27-22)28-26-15-16-7-10-18(11-8-16)31-25(30)23-6-3-13-32-23/h3,6-15,27H,1-2,4-5H2,(H,28,29)/b26-15-. The van der Waals surface area contributed by atoms with Crippen LogP contribution in [-0.2, 0) is 12.8 Å². The third-order valence-corrected chi connectivity index (χ3v) is 6.40. The predicted octanol–water partition coefficient (Wildman–Crippen LogP) is 5.09. The van der Waals surface area contributed by atoms with Gasteiger partial charge < -0.3 is 9.72 Å². The fourth-order valence-electron chi connectivity index (χ4n) is 3.95. The normalized spacial score (nSPS) is 13.2. The summed E-state index contributed by atoms with van der Waals surface area (Å²) < 4.78 is 5.34. The van der Waals surface area contributed by atoms with Gasteiger partial charge in [0.05, 0.1) is 6.21 Å². The number of esters is 1. The first-order valence-electron chi connectivity index (χ1n) is 10.5. The van der Waals surface area contributed by atoms with Crippen LogP contribution in [0, 0.1) is 0 Å². The van der Waals surface area contributed by atoms with Crippen LogP contribution in [0.1, 0.15) is 49.7 Å². The van der Waals surface area contributed by atoms with E-state index in [0.717, 1.165) is 29.3 Å². The summed E-state index contributed by atoms with van der Waals surface area (Å²) in [5, 5.41) is 7.02. The van der Waals surface area contributed by atoms with Gasteiger partial charge in [-0.05, 0) is 90.7 Å². The van der Waals surface area contributed by atoms with Crippen LogP contribution in [0.15, 0.2) is 65.1 Å². The van der Waals surface area contributed by atoms with Crippen molar-refractivity contribution in [2.24, 2.45) is 5.10 Å². The van der Waals surface area contributed by atoms with E-state index in [9.17, 15) is 9.59 Å². The molecule has 0 fully saturated rings. The second kappa shape index (κ2) is 8.80. The summed E-state index contributed by atoms with van der Waals surface area (Å²) in [7, 11) is 0. The number of fused-ring (bicyclic) bond motifs is 3. The van der Waals surface area contributed by atoms with E-state index in [4.69, 9.17) is 4.74 Å². The SMILES string of the molecule is O=C(N/N=C\c1ccc(OC(=O)c2cccs2)cc1)c1ccc2[nH]c3c(c2c1)CCCC3. The van der Waals surface area contributed by atoms with Crippen molar-refractivity contribution >= 4 is 40.3 Å². The van der Waals surface area contributed by atoms with Crippen molar-refractivity contribution in [2.75, 3.05) is 0 Å². The van der Waals surface area contributed by atoms with Gasteiger partial charge in [0, 0.05) is 22.2 Å². The summed E-state index contributed by atoms with van der Waals surface area (Å²) >= 11 is 1.34. The number of aromatic amines is 1. The molecule has 1 aliphatic carbocycles. The van der Waals surface area contributed by atoms with E-state index in [1.165, 1.54) is 35.4 Å². The number of H-pyrrole nitrogens is 1. The van der Waals surface area contributed by atoms with Crippen molar-refractivity contribution in [1.82, 2.24) is 10.4 Å². The van der Waals surface area contributed by atoms with Crippen molar-refractivity contribution in [3.8, 4) is 5.75 Å². The van der Waals surface area contributed by atoms with Gasteiger partial charge in [-0.25, -0.2) is 10.2 Å². The van der Waals surface area contributed by atoms with Crippen molar-refractivity contribution in [3.05, 3.63) is 87.2 Å². The molecule has 5 rings (SSSR count). The molecular weight excluding hydrogens is 422 g/mol. The molecule has 0 radical (unpaired) electrons. The Morgan fingerprint density at radius 2 is 1.91 bits per heavy atom. The minimum absolute atomic E-state index is 0.254. The van der Waals surface area contributed by atoms with E-state index >= 15 is 0 Å². The summed E-state index contributed by atoms with van der Waals surface area (Å²) in [6, 6.07) is 16.2. The van der Waals surface area contributed by atoms with Gasteiger partial charge in [-0.2, -0.15) is 5.10 Å². The average molecular weight is 444 g/mol. The molecule has 2 heterocycles. The highest BCUT2D eigenvalue weighted by Crippen LogP contribution is 2.29.